The van der Waals surface area contributed by atoms with Crippen LogP contribution in [0.3, 0.4) is 0 Å². The molecule has 112 valence electrons. The Hall–Kier alpha value is -0.960. The van der Waals surface area contributed by atoms with Gasteiger partial charge in [0, 0.05) is 0 Å². The molecule has 0 saturated carbocycles. The summed E-state index contributed by atoms with van der Waals surface area (Å²) in [5.41, 5.74) is -0.848. The van der Waals surface area contributed by atoms with Gasteiger partial charge in [-0.3, -0.25) is 0 Å². The number of hydrogen-bond donors (Lipinski definition) is 0. The van der Waals surface area contributed by atoms with Crippen LogP contribution in [0.15, 0.2) is 11.9 Å². The predicted octanol–water partition coefficient (Wildman–Crippen LogP) is 3.30. The number of nitriles is 1. The van der Waals surface area contributed by atoms with Crippen LogP contribution in [0.5, 0.6) is 0 Å². The van der Waals surface area contributed by atoms with E-state index in [1.807, 2.05) is 27.7 Å². The van der Waals surface area contributed by atoms with Crippen LogP contribution in [0.1, 0.15) is 40.5 Å². The van der Waals surface area contributed by atoms with Crippen LogP contribution in [0.25, 0.3) is 0 Å². The van der Waals surface area contributed by atoms with Crippen LogP contribution in [0.2, 0.25) is 0 Å². The van der Waals surface area contributed by atoms with Crippen molar-refractivity contribution >= 4 is 0 Å². The molecule has 0 aromatic rings. The fourth-order valence-corrected chi connectivity index (χ4v) is 2.66. The van der Waals surface area contributed by atoms with E-state index in [0.717, 1.165) is 12.8 Å². The maximum atomic E-state index is 14.5. The molecular formula is C15H22FNO3. The van der Waals surface area contributed by atoms with E-state index in [9.17, 15) is 9.65 Å². The molecule has 0 spiro atoms. The molecule has 5 heteroatoms. The molecule has 0 N–H and O–H groups in total. The lowest BCUT2D eigenvalue weighted by Crippen LogP contribution is -2.64. The normalized spacial score (nSPS) is 37.8. The Morgan fingerprint density at radius 3 is 2.45 bits per heavy atom. The van der Waals surface area contributed by atoms with Crippen molar-refractivity contribution in [3.63, 3.8) is 0 Å². The summed E-state index contributed by atoms with van der Waals surface area (Å²) in [5, 5.41) is 9.31. The maximum Gasteiger partial charge on any atom is 0.340 e. The second-order valence-corrected chi connectivity index (χ2v) is 6.73. The van der Waals surface area contributed by atoms with Gasteiger partial charge in [0.2, 0.25) is 0 Å². The van der Waals surface area contributed by atoms with E-state index in [2.05, 4.69) is 6.07 Å². The minimum atomic E-state index is -1.83. The number of allylic oxidation sites excluding steroid dienone is 1. The molecule has 3 fully saturated rings. The summed E-state index contributed by atoms with van der Waals surface area (Å²) in [5.74, 6) is -2.45. The Morgan fingerprint density at radius 1 is 1.40 bits per heavy atom. The Kier molecular flexibility index (Phi) is 3.94. The number of nitrogens with zero attached hydrogens (tertiary/aromatic N) is 1. The third-order valence-corrected chi connectivity index (χ3v) is 3.65. The molecule has 3 heterocycles. The summed E-state index contributed by atoms with van der Waals surface area (Å²) in [6, 6.07) is 2.13. The summed E-state index contributed by atoms with van der Waals surface area (Å²) < 4.78 is 31.0. The first kappa shape index (κ1) is 15.4. The molecule has 0 radical (unpaired) electrons. The summed E-state index contributed by atoms with van der Waals surface area (Å²) in [4.78, 5) is 0. The van der Waals surface area contributed by atoms with Crippen molar-refractivity contribution in [1.82, 2.24) is 0 Å². The van der Waals surface area contributed by atoms with Crippen molar-refractivity contribution in [2.24, 2.45) is 10.8 Å². The Labute approximate surface area is 119 Å². The smallest absolute Gasteiger partial charge is 0.321 e. The lowest BCUT2D eigenvalue weighted by molar-refractivity contribution is -0.468. The fourth-order valence-electron chi connectivity index (χ4n) is 2.66. The van der Waals surface area contributed by atoms with Gasteiger partial charge in [0.15, 0.2) is 11.9 Å². The van der Waals surface area contributed by atoms with E-state index in [4.69, 9.17) is 14.2 Å². The molecule has 20 heavy (non-hydrogen) atoms. The largest absolute Gasteiger partial charge is 0.340 e. The predicted molar refractivity (Wildman–Crippen MR) is 71.1 cm³/mol. The van der Waals surface area contributed by atoms with E-state index in [-0.39, 0.29) is 18.6 Å². The first-order valence-electron chi connectivity index (χ1n) is 7.01. The number of fused-ring (bicyclic) bond motifs is 3. The van der Waals surface area contributed by atoms with Crippen LogP contribution < -0.4 is 0 Å². The number of hydrogen-bond acceptors (Lipinski definition) is 4. The van der Waals surface area contributed by atoms with Gasteiger partial charge >= 0.3 is 5.97 Å². The minimum Gasteiger partial charge on any atom is -0.321 e. The Morgan fingerprint density at radius 2 is 2.00 bits per heavy atom. The molecule has 1 atom stereocenters. The zero-order valence-electron chi connectivity index (χ0n) is 12.5. The summed E-state index contributed by atoms with van der Waals surface area (Å²) >= 11 is 0. The van der Waals surface area contributed by atoms with Gasteiger partial charge in [-0.15, -0.1) is 0 Å². The zero-order valence-corrected chi connectivity index (χ0v) is 12.5. The molecule has 3 rings (SSSR count). The van der Waals surface area contributed by atoms with E-state index in [1.165, 1.54) is 6.08 Å². The van der Waals surface area contributed by atoms with Gasteiger partial charge in [0.1, 0.15) is 0 Å². The van der Waals surface area contributed by atoms with E-state index >= 15 is 0 Å². The molecule has 0 aromatic heterocycles. The summed E-state index contributed by atoms with van der Waals surface area (Å²) in [7, 11) is 0. The van der Waals surface area contributed by atoms with Gasteiger partial charge in [-0.05, 0) is 17.9 Å². The van der Waals surface area contributed by atoms with Crippen LogP contribution in [-0.4, -0.2) is 25.3 Å². The Balaban J connectivity index is 2.27. The second kappa shape index (κ2) is 5.10. The third kappa shape index (κ3) is 2.60. The average Bonchev–Trinajstić information content (AvgIpc) is 2.38. The van der Waals surface area contributed by atoms with E-state index in [0.29, 0.717) is 0 Å². The van der Waals surface area contributed by atoms with Crippen molar-refractivity contribution in [3.8, 4) is 6.07 Å². The van der Waals surface area contributed by atoms with Crippen molar-refractivity contribution in [1.29, 1.82) is 5.26 Å². The van der Waals surface area contributed by atoms with Crippen molar-refractivity contribution in [3.05, 3.63) is 11.9 Å². The molecular weight excluding hydrogens is 261 g/mol. The first-order chi connectivity index (χ1) is 9.27. The number of halogens is 1. The minimum absolute atomic E-state index is 0.282. The molecule has 3 aliphatic rings. The number of rotatable bonds is 3. The number of ether oxygens (including phenoxy) is 3. The standard InChI is InChI=1S/C15H22FNO3/c1-5-6-14-9-18-15(19-10-14,20-12(14)8-17)11(16)7-13(2,3)4/h7,12H,5-6,9-10H2,1-4H3/b11-7-. The van der Waals surface area contributed by atoms with Crippen molar-refractivity contribution in [2.45, 2.75) is 52.6 Å². The molecule has 0 aromatic carbocycles. The lowest BCUT2D eigenvalue weighted by atomic mass is 9.78. The summed E-state index contributed by atoms with van der Waals surface area (Å²) in [6.07, 6.45) is 2.36. The van der Waals surface area contributed by atoms with Crippen LogP contribution in [-0.2, 0) is 14.2 Å². The molecule has 3 aliphatic heterocycles. The first-order valence-corrected chi connectivity index (χ1v) is 7.01. The van der Waals surface area contributed by atoms with Gasteiger partial charge < -0.3 is 14.2 Å². The fraction of sp³-hybridized carbons (Fsp3) is 0.800. The highest BCUT2D eigenvalue weighted by Crippen LogP contribution is 2.49. The molecule has 3 saturated heterocycles. The van der Waals surface area contributed by atoms with Gasteiger partial charge in [-0.1, -0.05) is 34.1 Å². The second-order valence-electron chi connectivity index (χ2n) is 6.73. The van der Waals surface area contributed by atoms with Crippen LogP contribution >= 0.6 is 0 Å². The summed E-state index contributed by atoms with van der Waals surface area (Å²) in [6.45, 7) is 8.21. The van der Waals surface area contributed by atoms with Gasteiger partial charge in [0.25, 0.3) is 0 Å². The highest BCUT2D eigenvalue weighted by molar-refractivity contribution is 5.14. The van der Waals surface area contributed by atoms with Crippen molar-refractivity contribution < 1.29 is 18.6 Å². The lowest BCUT2D eigenvalue weighted by Gasteiger charge is -2.53. The van der Waals surface area contributed by atoms with Crippen molar-refractivity contribution in [2.75, 3.05) is 13.2 Å². The van der Waals surface area contributed by atoms with Crippen LogP contribution in [0, 0.1) is 22.2 Å². The quantitative estimate of drug-likeness (QED) is 0.797. The molecule has 1 unspecified atom stereocenters. The highest BCUT2D eigenvalue weighted by atomic mass is 19.1. The van der Waals surface area contributed by atoms with E-state index < -0.39 is 23.3 Å². The molecule has 0 amide bonds. The van der Waals surface area contributed by atoms with Gasteiger partial charge in [-0.2, -0.15) is 5.26 Å². The molecule has 0 aliphatic carbocycles. The Bertz CT molecular complexity index is 439. The van der Waals surface area contributed by atoms with Crippen LogP contribution in [0.4, 0.5) is 4.39 Å². The SMILES string of the molecule is CCCC12COC(/C(F)=C/C(C)(C)C)(OC1)OC2C#N. The monoisotopic (exact) mass is 283 g/mol. The van der Waals surface area contributed by atoms with Gasteiger partial charge in [-0.25, -0.2) is 4.39 Å². The molecule has 2 bridgehead atoms. The third-order valence-electron chi connectivity index (χ3n) is 3.65. The highest BCUT2D eigenvalue weighted by Gasteiger charge is 2.60. The average molecular weight is 283 g/mol. The zero-order chi connectivity index (χ0) is 15.0. The molecule has 4 nitrogen and oxygen atoms in total. The van der Waals surface area contributed by atoms with Gasteiger partial charge in [0.05, 0.1) is 24.7 Å². The van der Waals surface area contributed by atoms with E-state index in [1.54, 1.807) is 0 Å². The topological polar surface area (TPSA) is 51.5 Å². The maximum absolute atomic E-state index is 14.5.